The van der Waals surface area contributed by atoms with E-state index in [0.717, 1.165) is 43.4 Å². The zero-order valence-electron chi connectivity index (χ0n) is 14.7. The van der Waals surface area contributed by atoms with Crippen molar-refractivity contribution in [3.05, 3.63) is 36.3 Å². The van der Waals surface area contributed by atoms with Crippen LogP contribution in [0.1, 0.15) is 32.1 Å². The predicted molar refractivity (Wildman–Crippen MR) is 98.9 cm³/mol. The Hall–Kier alpha value is -2.33. The maximum absolute atomic E-state index is 13.0. The maximum atomic E-state index is 13.0. The molecule has 1 aliphatic rings. The zero-order valence-corrected chi connectivity index (χ0v) is 15.5. The minimum Gasteiger partial charge on any atom is -0.333 e. The molecule has 1 aromatic heterocycles. The second kappa shape index (κ2) is 7.92. The van der Waals surface area contributed by atoms with E-state index in [4.69, 9.17) is 0 Å². The Morgan fingerprint density at radius 3 is 2.69 bits per heavy atom. The topological polar surface area (TPSA) is 72.8 Å². The van der Waals surface area contributed by atoms with Gasteiger partial charge in [-0.2, -0.15) is 5.26 Å². The molecule has 1 saturated carbocycles. The number of carbonyl (C=O) groups is 1. The third kappa shape index (κ3) is 3.91. The average Bonchev–Trinajstić information content (AvgIpc) is 3.15. The summed E-state index contributed by atoms with van der Waals surface area (Å²) in [6.07, 6.45) is 6.24. The largest absolute Gasteiger partial charge is 0.333 e. The van der Waals surface area contributed by atoms with E-state index in [-0.39, 0.29) is 17.5 Å². The van der Waals surface area contributed by atoms with Crippen LogP contribution in [0.5, 0.6) is 0 Å². The number of benzene rings is 1. The molecule has 0 bridgehead atoms. The molecule has 1 heterocycles. The van der Waals surface area contributed by atoms with E-state index < -0.39 is 5.54 Å². The molecule has 5 nitrogen and oxygen atoms in total. The number of hydrogen-bond acceptors (Lipinski definition) is 4. The lowest BCUT2D eigenvalue weighted by atomic mass is 9.81. The summed E-state index contributed by atoms with van der Waals surface area (Å²) in [6.45, 7) is 0. The highest BCUT2D eigenvalue weighted by Crippen LogP contribution is 2.33. The molecule has 1 aromatic carbocycles. The molecule has 0 unspecified atom stereocenters. The third-order valence-corrected chi connectivity index (χ3v) is 5.82. The summed E-state index contributed by atoms with van der Waals surface area (Å²) >= 11 is 1.31. The molecule has 2 aromatic rings. The van der Waals surface area contributed by atoms with Crippen molar-refractivity contribution in [1.29, 1.82) is 5.26 Å². The first-order valence-electron chi connectivity index (χ1n) is 8.66. The van der Waals surface area contributed by atoms with Gasteiger partial charge in [0.05, 0.1) is 23.7 Å². The van der Waals surface area contributed by atoms with Crippen LogP contribution in [-0.4, -0.2) is 39.1 Å². The van der Waals surface area contributed by atoms with Gasteiger partial charge in [-0.1, -0.05) is 31.0 Å². The lowest BCUT2D eigenvalue weighted by Gasteiger charge is -2.39. The Bertz CT molecular complexity index is 806. The molecule has 7 heteroatoms. The Kier molecular flexibility index (Phi) is 5.62. The van der Waals surface area contributed by atoms with Gasteiger partial charge in [0.25, 0.3) is 0 Å². The molecule has 1 amide bonds. The summed E-state index contributed by atoms with van der Waals surface area (Å²) in [7, 11) is 1.73. The number of rotatable bonds is 5. The fraction of sp³-hybridized carbons (Fsp3) is 0.421. The highest BCUT2D eigenvalue weighted by atomic mass is 32.2. The molecule has 0 radical (unpaired) electrons. The van der Waals surface area contributed by atoms with Gasteiger partial charge < -0.3 is 9.88 Å². The number of thioether (sulfide) groups is 1. The number of aromatic nitrogens is 2. The molecule has 1 aliphatic carbocycles. The third-order valence-electron chi connectivity index (χ3n) is 4.95. The summed E-state index contributed by atoms with van der Waals surface area (Å²) in [5.74, 6) is -0.139. The monoisotopic (exact) mass is 372 g/mol. The Morgan fingerprint density at radius 1 is 1.35 bits per heavy atom. The standard InChI is InChI=1S/C19H21FN4OS/c1-24(19(13-21)9-3-2-4-10-19)17(25)12-26-18-22-11-16(23-18)14-5-7-15(20)8-6-14/h5-8,11H,2-4,9-10,12H2,1H3,(H,22,23). The molecule has 0 saturated heterocycles. The first-order chi connectivity index (χ1) is 12.5. The van der Waals surface area contributed by atoms with E-state index in [9.17, 15) is 14.4 Å². The van der Waals surface area contributed by atoms with Crippen LogP contribution >= 0.6 is 11.8 Å². The molecule has 0 aliphatic heterocycles. The number of nitrogens with zero attached hydrogens (tertiary/aromatic N) is 3. The highest BCUT2D eigenvalue weighted by Gasteiger charge is 2.38. The first-order valence-corrected chi connectivity index (χ1v) is 9.64. The average molecular weight is 372 g/mol. The van der Waals surface area contributed by atoms with Crippen LogP contribution in [0.4, 0.5) is 4.39 Å². The smallest absolute Gasteiger partial charge is 0.234 e. The van der Waals surface area contributed by atoms with E-state index in [2.05, 4.69) is 16.0 Å². The van der Waals surface area contributed by atoms with E-state index in [1.807, 2.05) is 0 Å². The van der Waals surface area contributed by atoms with Crippen LogP contribution in [0.25, 0.3) is 11.3 Å². The molecule has 0 atom stereocenters. The fourth-order valence-corrected chi connectivity index (χ4v) is 4.04. The molecule has 1 fully saturated rings. The number of nitrogens with one attached hydrogen (secondary N) is 1. The summed E-state index contributed by atoms with van der Waals surface area (Å²) < 4.78 is 13.0. The quantitative estimate of drug-likeness (QED) is 0.806. The molecule has 0 spiro atoms. The lowest BCUT2D eigenvalue weighted by molar-refractivity contribution is -0.131. The van der Waals surface area contributed by atoms with E-state index in [1.165, 1.54) is 23.9 Å². The van der Waals surface area contributed by atoms with Gasteiger partial charge in [0, 0.05) is 7.05 Å². The zero-order chi connectivity index (χ0) is 18.6. The maximum Gasteiger partial charge on any atom is 0.234 e. The highest BCUT2D eigenvalue weighted by molar-refractivity contribution is 7.99. The number of nitriles is 1. The van der Waals surface area contributed by atoms with Crippen LogP contribution < -0.4 is 0 Å². The summed E-state index contributed by atoms with van der Waals surface area (Å²) in [5.41, 5.74) is 0.937. The van der Waals surface area contributed by atoms with Gasteiger partial charge in [-0.3, -0.25) is 4.79 Å². The van der Waals surface area contributed by atoms with Crippen molar-refractivity contribution in [3.63, 3.8) is 0 Å². The molecule has 26 heavy (non-hydrogen) atoms. The molecular formula is C19H21FN4OS. The van der Waals surface area contributed by atoms with Gasteiger partial charge in [-0.05, 0) is 42.7 Å². The number of H-pyrrole nitrogens is 1. The second-order valence-corrected chi connectivity index (χ2v) is 7.52. The number of imidazole rings is 1. The van der Waals surface area contributed by atoms with Crippen molar-refractivity contribution in [2.24, 2.45) is 0 Å². The number of hydrogen-bond donors (Lipinski definition) is 1. The number of amides is 1. The van der Waals surface area contributed by atoms with Crippen molar-refractivity contribution in [2.45, 2.75) is 42.8 Å². The van der Waals surface area contributed by atoms with Gasteiger partial charge in [0.1, 0.15) is 11.4 Å². The Morgan fingerprint density at radius 2 is 2.04 bits per heavy atom. The second-order valence-electron chi connectivity index (χ2n) is 6.55. The van der Waals surface area contributed by atoms with Crippen LogP contribution in [0, 0.1) is 17.1 Å². The Balaban J connectivity index is 1.61. The Labute approximate surface area is 156 Å². The summed E-state index contributed by atoms with van der Waals surface area (Å²) in [6, 6.07) is 8.51. The van der Waals surface area contributed by atoms with E-state index >= 15 is 0 Å². The number of aromatic amines is 1. The normalized spacial score (nSPS) is 16.0. The van der Waals surface area contributed by atoms with Crippen LogP contribution in [0.2, 0.25) is 0 Å². The SMILES string of the molecule is CN(C(=O)CSc1ncc(-c2ccc(F)cc2)[nH]1)C1(C#N)CCCCC1. The molecule has 1 N–H and O–H groups in total. The van der Waals surface area contributed by atoms with Crippen LogP contribution in [-0.2, 0) is 4.79 Å². The fourth-order valence-electron chi connectivity index (χ4n) is 3.28. The summed E-state index contributed by atoms with van der Waals surface area (Å²) in [5, 5.41) is 10.2. The number of halogens is 1. The van der Waals surface area contributed by atoms with E-state index in [1.54, 1.807) is 30.3 Å². The van der Waals surface area contributed by atoms with Crippen molar-refractivity contribution < 1.29 is 9.18 Å². The van der Waals surface area contributed by atoms with Crippen molar-refractivity contribution >= 4 is 17.7 Å². The van der Waals surface area contributed by atoms with E-state index in [0.29, 0.717) is 5.16 Å². The number of carbonyl (C=O) groups excluding carboxylic acids is 1. The molecular weight excluding hydrogens is 351 g/mol. The van der Waals surface area contributed by atoms with Gasteiger partial charge in [0.15, 0.2) is 5.16 Å². The summed E-state index contributed by atoms with van der Waals surface area (Å²) in [4.78, 5) is 21.6. The van der Waals surface area contributed by atoms with Gasteiger partial charge in [0.2, 0.25) is 5.91 Å². The molecule has 136 valence electrons. The van der Waals surface area contributed by atoms with Gasteiger partial charge >= 0.3 is 0 Å². The molecule has 3 rings (SSSR count). The van der Waals surface area contributed by atoms with Crippen LogP contribution in [0.3, 0.4) is 0 Å². The van der Waals surface area contributed by atoms with Crippen molar-refractivity contribution in [2.75, 3.05) is 12.8 Å². The van der Waals surface area contributed by atoms with Gasteiger partial charge in [-0.15, -0.1) is 0 Å². The first kappa shape index (κ1) is 18.5. The minimum atomic E-state index is -0.668. The predicted octanol–water partition coefficient (Wildman–Crippen LogP) is 3.99. The van der Waals surface area contributed by atoms with Crippen LogP contribution in [0.15, 0.2) is 35.6 Å². The van der Waals surface area contributed by atoms with Gasteiger partial charge in [-0.25, -0.2) is 9.37 Å². The van der Waals surface area contributed by atoms with Crippen molar-refractivity contribution in [1.82, 2.24) is 14.9 Å². The van der Waals surface area contributed by atoms with Crippen molar-refractivity contribution in [3.8, 4) is 17.3 Å². The lowest BCUT2D eigenvalue weighted by Crippen LogP contribution is -2.50. The minimum absolute atomic E-state index is 0.0711.